The monoisotopic (exact) mass is 180 g/mol. The third-order valence-electron chi connectivity index (χ3n) is 4.37. The Morgan fingerprint density at radius 3 is 2.31 bits per heavy atom. The van der Waals surface area contributed by atoms with Crippen LogP contribution in [0.5, 0.6) is 0 Å². The highest BCUT2D eigenvalue weighted by molar-refractivity contribution is 4.91. The molecule has 0 aromatic rings. The average molecular weight is 180 g/mol. The van der Waals surface area contributed by atoms with Crippen molar-refractivity contribution in [3.05, 3.63) is 0 Å². The molecule has 2 aliphatic carbocycles. The quantitative estimate of drug-likeness (QED) is 0.600. The molecule has 0 amide bonds. The van der Waals surface area contributed by atoms with Crippen LogP contribution in [-0.2, 0) is 0 Å². The Morgan fingerprint density at radius 1 is 1.08 bits per heavy atom. The van der Waals surface area contributed by atoms with Crippen LogP contribution in [0.15, 0.2) is 0 Å². The van der Waals surface area contributed by atoms with Gasteiger partial charge in [0.15, 0.2) is 0 Å². The van der Waals surface area contributed by atoms with Gasteiger partial charge in [0.2, 0.25) is 0 Å². The van der Waals surface area contributed by atoms with Crippen LogP contribution in [-0.4, -0.2) is 0 Å². The molecule has 0 heteroatoms. The third kappa shape index (κ3) is 1.92. The Morgan fingerprint density at radius 2 is 1.77 bits per heavy atom. The Kier molecular flexibility index (Phi) is 2.67. The van der Waals surface area contributed by atoms with E-state index in [4.69, 9.17) is 0 Å². The summed E-state index contributed by atoms with van der Waals surface area (Å²) in [7, 11) is 0. The molecule has 2 aliphatic rings. The Labute approximate surface area is 83.1 Å². The van der Waals surface area contributed by atoms with E-state index in [1.807, 2.05) is 0 Å². The van der Waals surface area contributed by atoms with Crippen molar-refractivity contribution in [3.8, 4) is 0 Å². The van der Waals surface area contributed by atoms with E-state index >= 15 is 0 Å². The zero-order chi connectivity index (χ0) is 9.42. The van der Waals surface area contributed by atoms with Crippen LogP contribution in [0, 0.1) is 29.6 Å². The lowest BCUT2D eigenvalue weighted by Gasteiger charge is -2.39. The molecule has 0 aromatic carbocycles. The molecular formula is C13H24. The molecule has 0 aliphatic heterocycles. The second-order valence-corrected chi connectivity index (χ2v) is 5.64. The molecule has 0 nitrogen and oxygen atoms in total. The fourth-order valence-electron chi connectivity index (χ4n) is 3.80. The molecule has 0 heterocycles. The van der Waals surface area contributed by atoms with Gasteiger partial charge in [0.1, 0.15) is 0 Å². The molecule has 0 N–H and O–H groups in total. The minimum atomic E-state index is 0.995. The van der Waals surface area contributed by atoms with Gasteiger partial charge < -0.3 is 0 Å². The highest BCUT2D eigenvalue weighted by Gasteiger charge is 2.42. The molecule has 2 rings (SSSR count). The van der Waals surface area contributed by atoms with Crippen molar-refractivity contribution in [1.82, 2.24) is 0 Å². The second-order valence-electron chi connectivity index (χ2n) is 5.64. The minimum Gasteiger partial charge on any atom is -0.0651 e. The van der Waals surface area contributed by atoms with Crippen molar-refractivity contribution in [1.29, 1.82) is 0 Å². The van der Waals surface area contributed by atoms with Gasteiger partial charge in [-0.1, -0.05) is 27.2 Å². The van der Waals surface area contributed by atoms with Gasteiger partial charge in [-0.15, -0.1) is 0 Å². The molecular weight excluding hydrogens is 156 g/mol. The Hall–Kier alpha value is 0. The molecule has 0 spiro atoms. The minimum absolute atomic E-state index is 0.995. The Bertz CT molecular complexity index is 169. The maximum absolute atomic E-state index is 2.50. The van der Waals surface area contributed by atoms with Gasteiger partial charge in [0, 0.05) is 0 Å². The van der Waals surface area contributed by atoms with Gasteiger partial charge in [0.05, 0.1) is 0 Å². The van der Waals surface area contributed by atoms with Gasteiger partial charge in [-0.2, -0.15) is 0 Å². The largest absolute Gasteiger partial charge is 0.0651 e. The van der Waals surface area contributed by atoms with Crippen molar-refractivity contribution >= 4 is 0 Å². The van der Waals surface area contributed by atoms with Gasteiger partial charge in [-0.25, -0.2) is 0 Å². The summed E-state index contributed by atoms with van der Waals surface area (Å²) in [5.74, 6) is 5.30. The summed E-state index contributed by atoms with van der Waals surface area (Å²) in [5.41, 5.74) is 0. The molecule has 4 unspecified atom stereocenters. The van der Waals surface area contributed by atoms with Crippen molar-refractivity contribution in [2.75, 3.05) is 0 Å². The second kappa shape index (κ2) is 3.63. The zero-order valence-corrected chi connectivity index (χ0v) is 9.42. The molecule has 13 heavy (non-hydrogen) atoms. The van der Waals surface area contributed by atoms with E-state index in [1.54, 1.807) is 12.8 Å². The van der Waals surface area contributed by atoms with E-state index in [2.05, 4.69) is 20.8 Å². The van der Waals surface area contributed by atoms with Crippen molar-refractivity contribution in [2.24, 2.45) is 29.6 Å². The van der Waals surface area contributed by atoms with Crippen molar-refractivity contribution in [2.45, 2.75) is 52.9 Å². The maximum atomic E-state index is 2.50. The number of rotatable bonds is 2. The lowest BCUT2D eigenvalue weighted by Crippen LogP contribution is -2.31. The average Bonchev–Trinajstić information content (AvgIpc) is 2.86. The third-order valence-corrected chi connectivity index (χ3v) is 4.37. The van der Waals surface area contributed by atoms with Gasteiger partial charge in [-0.3, -0.25) is 0 Å². The highest BCUT2D eigenvalue weighted by atomic mass is 14.5. The van der Waals surface area contributed by atoms with E-state index in [9.17, 15) is 0 Å². The lowest BCUT2D eigenvalue weighted by atomic mass is 9.66. The van der Waals surface area contributed by atoms with Crippen LogP contribution in [0.4, 0.5) is 0 Å². The molecule has 0 radical (unpaired) electrons. The van der Waals surface area contributed by atoms with Crippen LogP contribution < -0.4 is 0 Å². The van der Waals surface area contributed by atoms with Gasteiger partial charge in [-0.05, 0) is 55.3 Å². The van der Waals surface area contributed by atoms with E-state index in [0.29, 0.717) is 0 Å². The number of hydrogen-bond donors (Lipinski definition) is 0. The first-order valence-electron chi connectivity index (χ1n) is 6.22. The zero-order valence-electron chi connectivity index (χ0n) is 9.42. The fraction of sp³-hybridized carbons (Fsp3) is 1.00. The summed E-state index contributed by atoms with van der Waals surface area (Å²) in [6, 6.07) is 0. The van der Waals surface area contributed by atoms with E-state index < -0.39 is 0 Å². The van der Waals surface area contributed by atoms with Crippen molar-refractivity contribution in [3.63, 3.8) is 0 Å². The number of hydrogen-bond acceptors (Lipinski definition) is 0. The lowest BCUT2D eigenvalue weighted by molar-refractivity contribution is 0.101. The van der Waals surface area contributed by atoms with Gasteiger partial charge >= 0.3 is 0 Å². The van der Waals surface area contributed by atoms with Crippen LogP contribution >= 0.6 is 0 Å². The summed E-state index contributed by atoms with van der Waals surface area (Å²) in [4.78, 5) is 0. The highest BCUT2D eigenvalue weighted by Crippen LogP contribution is 2.51. The van der Waals surface area contributed by atoms with E-state index in [1.165, 1.54) is 19.3 Å². The first-order chi connectivity index (χ1) is 6.22. The van der Waals surface area contributed by atoms with Crippen LogP contribution in [0.25, 0.3) is 0 Å². The molecule has 76 valence electrons. The summed E-state index contributed by atoms with van der Waals surface area (Å²) in [6.07, 6.45) is 7.52. The van der Waals surface area contributed by atoms with Crippen LogP contribution in [0.2, 0.25) is 0 Å². The summed E-state index contributed by atoms with van der Waals surface area (Å²) in [6.45, 7) is 7.34. The Balaban J connectivity index is 2.02. The molecule has 4 atom stereocenters. The summed E-state index contributed by atoms with van der Waals surface area (Å²) < 4.78 is 0. The fourth-order valence-corrected chi connectivity index (χ4v) is 3.80. The first kappa shape index (κ1) is 9.55. The van der Waals surface area contributed by atoms with E-state index in [-0.39, 0.29) is 0 Å². The standard InChI is InChI=1S/C13H24/c1-4-11-8-9(2)7-10(3)13(11)12-5-6-12/h9-13H,4-8H2,1-3H3. The molecule has 2 saturated carbocycles. The molecule has 0 saturated heterocycles. The van der Waals surface area contributed by atoms with Gasteiger partial charge in [0.25, 0.3) is 0 Å². The first-order valence-corrected chi connectivity index (χ1v) is 6.22. The molecule has 0 bridgehead atoms. The van der Waals surface area contributed by atoms with Crippen LogP contribution in [0.1, 0.15) is 52.9 Å². The topological polar surface area (TPSA) is 0 Å². The smallest absolute Gasteiger partial charge is 0.0332 e. The van der Waals surface area contributed by atoms with Crippen molar-refractivity contribution < 1.29 is 0 Å². The maximum Gasteiger partial charge on any atom is -0.0332 e. The SMILES string of the molecule is CCC1CC(C)CC(C)C1C1CC1. The summed E-state index contributed by atoms with van der Waals surface area (Å²) in [5, 5.41) is 0. The molecule has 0 aromatic heterocycles. The predicted octanol–water partition coefficient (Wildman–Crippen LogP) is 4.10. The molecule has 2 fully saturated rings. The normalized spacial score (nSPS) is 46.4. The van der Waals surface area contributed by atoms with Crippen LogP contribution in [0.3, 0.4) is 0 Å². The summed E-state index contributed by atoms with van der Waals surface area (Å²) >= 11 is 0. The van der Waals surface area contributed by atoms with E-state index in [0.717, 1.165) is 29.6 Å². The predicted molar refractivity (Wildman–Crippen MR) is 57.6 cm³/mol.